The largest absolute Gasteiger partial charge is 0.450 e. The van der Waals surface area contributed by atoms with Gasteiger partial charge in [0, 0.05) is 5.56 Å². The van der Waals surface area contributed by atoms with Crippen molar-refractivity contribution in [3.8, 4) is 5.75 Å². The predicted molar refractivity (Wildman–Crippen MR) is 88.3 cm³/mol. The van der Waals surface area contributed by atoms with Crippen molar-refractivity contribution in [2.45, 2.75) is 12.5 Å². The van der Waals surface area contributed by atoms with Crippen LogP contribution in [0.1, 0.15) is 16.8 Å². The van der Waals surface area contributed by atoms with Crippen molar-refractivity contribution >= 4 is 27.7 Å². The molecule has 1 aliphatic rings. The van der Waals surface area contributed by atoms with Gasteiger partial charge in [0.15, 0.2) is 5.78 Å². The Bertz CT molecular complexity index is 753. The maximum atomic E-state index is 12.2. The van der Waals surface area contributed by atoms with E-state index in [1.807, 2.05) is 12.1 Å². The lowest BCUT2D eigenvalue weighted by Gasteiger charge is -2.08. The van der Waals surface area contributed by atoms with Gasteiger partial charge in [-0.3, -0.25) is 4.79 Å². The fourth-order valence-corrected chi connectivity index (χ4v) is 2.71. The van der Waals surface area contributed by atoms with E-state index >= 15 is 0 Å². The van der Waals surface area contributed by atoms with Crippen LogP contribution in [-0.4, -0.2) is 17.9 Å². The molecular formula is C18H13BrO4. The zero-order valence-corrected chi connectivity index (χ0v) is 13.7. The third-order valence-corrected chi connectivity index (χ3v) is 4.23. The second kappa shape index (κ2) is 6.79. The molecule has 0 saturated carbocycles. The van der Waals surface area contributed by atoms with Crippen LogP contribution in [0.25, 0.3) is 0 Å². The van der Waals surface area contributed by atoms with Crippen molar-refractivity contribution in [3.63, 3.8) is 0 Å². The quantitative estimate of drug-likeness (QED) is 0.590. The van der Waals surface area contributed by atoms with E-state index in [1.54, 1.807) is 48.5 Å². The van der Waals surface area contributed by atoms with Crippen molar-refractivity contribution in [1.82, 2.24) is 0 Å². The molecule has 0 saturated heterocycles. The van der Waals surface area contributed by atoms with Gasteiger partial charge in [-0.2, -0.15) is 0 Å². The highest BCUT2D eigenvalue weighted by Crippen LogP contribution is 2.32. The molecule has 0 aliphatic carbocycles. The number of Topliss-reactive ketones (excluding diaryl/α,β-unsaturated/α-hetero) is 1. The first-order valence-electron chi connectivity index (χ1n) is 7.07. The molecule has 0 N–H and O–H groups in total. The molecule has 5 heteroatoms. The molecule has 4 nitrogen and oxygen atoms in total. The summed E-state index contributed by atoms with van der Waals surface area (Å²) < 4.78 is 11.3. The Kier molecular flexibility index (Phi) is 4.57. The number of benzene rings is 2. The van der Waals surface area contributed by atoms with Crippen LogP contribution in [0.5, 0.6) is 5.75 Å². The van der Waals surface area contributed by atoms with Crippen LogP contribution in [0.2, 0.25) is 0 Å². The lowest BCUT2D eigenvalue weighted by Crippen LogP contribution is -2.15. The standard InChI is InChI=1S/C18H13BrO4/c19-16-15(11-14(20)12-7-3-1-4-8-12)23-18(21)17(16)22-13-9-5-2-6-10-13/h1-10,15H,11H2. The molecule has 0 amide bonds. The van der Waals surface area contributed by atoms with Crippen LogP contribution in [0, 0.1) is 0 Å². The number of carbonyl (C=O) groups excluding carboxylic acids is 2. The first-order chi connectivity index (χ1) is 11.1. The number of ketones is 1. The number of ether oxygens (including phenoxy) is 2. The van der Waals surface area contributed by atoms with Gasteiger partial charge in [0.25, 0.3) is 0 Å². The normalized spacial score (nSPS) is 17.1. The highest BCUT2D eigenvalue weighted by atomic mass is 79.9. The van der Waals surface area contributed by atoms with E-state index in [1.165, 1.54) is 0 Å². The summed E-state index contributed by atoms with van der Waals surface area (Å²) in [5, 5.41) is 0. The van der Waals surface area contributed by atoms with Gasteiger partial charge in [0.05, 0.1) is 10.9 Å². The lowest BCUT2D eigenvalue weighted by atomic mass is 10.1. The molecule has 0 spiro atoms. The summed E-state index contributed by atoms with van der Waals surface area (Å²) in [6.07, 6.45) is -0.591. The Labute approximate surface area is 141 Å². The molecule has 1 atom stereocenters. The van der Waals surface area contributed by atoms with Crippen LogP contribution in [-0.2, 0) is 9.53 Å². The lowest BCUT2D eigenvalue weighted by molar-refractivity contribution is -0.141. The highest BCUT2D eigenvalue weighted by Gasteiger charge is 2.36. The van der Waals surface area contributed by atoms with Crippen molar-refractivity contribution in [3.05, 3.63) is 76.5 Å². The van der Waals surface area contributed by atoms with Crippen LogP contribution >= 0.6 is 15.9 Å². The summed E-state index contributed by atoms with van der Waals surface area (Å²) in [6, 6.07) is 17.8. The molecule has 0 bridgehead atoms. The summed E-state index contributed by atoms with van der Waals surface area (Å²) in [4.78, 5) is 24.2. The summed E-state index contributed by atoms with van der Waals surface area (Å²) in [7, 11) is 0. The maximum Gasteiger partial charge on any atom is 0.375 e. The monoisotopic (exact) mass is 372 g/mol. The minimum absolute atomic E-state index is 0.0674. The third-order valence-electron chi connectivity index (χ3n) is 3.36. The molecule has 2 aromatic carbocycles. The van der Waals surface area contributed by atoms with E-state index in [9.17, 15) is 9.59 Å². The van der Waals surface area contributed by atoms with Gasteiger partial charge in [-0.25, -0.2) is 4.79 Å². The number of rotatable bonds is 5. The molecule has 1 heterocycles. The Morgan fingerprint density at radius 3 is 2.30 bits per heavy atom. The molecule has 2 aromatic rings. The number of cyclic esters (lactones) is 1. The zero-order chi connectivity index (χ0) is 16.2. The van der Waals surface area contributed by atoms with Crippen molar-refractivity contribution < 1.29 is 19.1 Å². The van der Waals surface area contributed by atoms with Crippen LogP contribution in [0.15, 0.2) is 70.9 Å². The second-order valence-electron chi connectivity index (χ2n) is 4.98. The fourth-order valence-electron chi connectivity index (χ4n) is 2.22. The van der Waals surface area contributed by atoms with Gasteiger partial charge in [-0.1, -0.05) is 48.5 Å². The van der Waals surface area contributed by atoms with Gasteiger partial charge in [0.2, 0.25) is 5.76 Å². The highest BCUT2D eigenvalue weighted by molar-refractivity contribution is 9.11. The van der Waals surface area contributed by atoms with E-state index in [-0.39, 0.29) is 18.0 Å². The topological polar surface area (TPSA) is 52.6 Å². The van der Waals surface area contributed by atoms with Gasteiger partial charge in [-0.05, 0) is 28.1 Å². The van der Waals surface area contributed by atoms with Crippen LogP contribution in [0.3, 0.4) is 0 Å². The minimum atomic E-state index is -0.658. The van der Waals surface area contributed by atoms with E-state index in [4.69, 9.17) is 9.47 Å². The molecule has 116 valence electrons. The first kappa shape index (κ1) is 15.5. The van der Waals surface area contributed by atoms with E-state index < -0.39 is 12.1 Å². The van der Waals surface area contributed by atoms with Crippen LogP contribution in [0.4, 0.5) is 0 Å². The van der Waals surface area contributed by atoms with Crippen LogP contribution < -0.4 is 4.74 Å². The molecule has 1 unspecified atom stereocenters. The third kappa shape index (κ3) is 3.51. The van der Waals surface area contributed by atoms with E-state index in [2.05, 4.69) is 15.9 Å². The Hall–Kier alpha value is -2.40. The van der Waals surface area contributed by atoms with Gasteiger partial charge >= 0.3 is 5.97 Å². The molecule has 0 aromatic heterocycles. The average molecular weight is 373 g/mol. The van der Waals surface area contributed by atoms with Crippen molar-refractivity contribution in [2.75, 3.05) is 0 Å². The summed E-state index contributed by atoms with van der Waals surface area (Å²) in [5.74, 6) is -0.0543. The SMILES string of the molecule is O=C1OC(CC(=O)c2ccccc2)C(Br)=C1Oc1ccccc1. The molecular weight excluding hydrogens is 360 g/mol. The molecule has 0 radical (unpaired) electrons. The van der Waals surface area contributed by atoms with Gasteiger partial charge in [-0.15, -0.1) is 0 Å². The fraction of sp³-hybridized carbons (Fsp3) is 0.111. The summed E-state index contributed by atoms with van der Waals surface area (Å²) >= 11 is 3.33. The number of hydrogen-bond acceptors (Lipinski definition) is 4. The second-order valence-corrected chi connectivity index (χ2v) is 5.83. The Morgan fingerprint density at radius 2 is 1.65 bits per heavy atom. The van der Waals surface area contributed by atoms with Crippen molar-refractivity contribution in [1.29, 1.82) is 0 Å². The van der Waals surface area contributed by atoms with Gasteiger partial charge < -0.3 is 9.47 Å². The van der Waals surface area contributed by atoms with E-state index in [0.29, 0.717) is 15.8 Å². The average Bonchev–Trinajstić information content (AvgIpc) is 2.84. The number of esters is 1. The van der Waals surface area contributed by atoms with E-state index in [0.717, 1.165) is 0 Å². The molecule has 0 fully saturated rings. The Morgan fingerprint density at radius 1 is 1.04 bits per heavy atom. The summed E-state index contributed by atoms with van der Waals surface area (Å²) in [6.45, 7) is 0. The zero-order valence-electron chi connectivity index (χ0n) is 12.1. The Balaban J connectivity index is 1.75. The smallest absolute Gasteiger partial charge is 0.375 e. The number of para-hydroxylation sites is 1. The predicted octanol–water partition coefficient (Wildman–Crippen LogP) is 3.87. The number of carbonyl (C=O) groups is 2. The maximum absolute atomic E-state index is 12.2. The van der Waals surface area contributed by atoms with Gasteiger partial charge in [0.1, 0.15) is 11.9 Å². The number of halogens is 1. The molecule has 3 rings (SSSR count). The summed E-state index contributed by atoms with van der Waals surface area (Å²) in [5.41, 5.74) is 0.585. The van der Waals surface area contributed by atoms with Crippen molar-refractivity contribution in [2.24, 2.45) is 0 Å². The minimum Gasteiger partial charge on any atom is -0.450 e. The first-order valence-corrected chi connectivity index (χ1v) is 7.86. The number of hydrogen-bond donors (Lipinski definition) is 0. The molecule has 1 aliphatic heterocycles. The molecule has 23 heavy (non-hydrogen) atoms.